The van der Waals surface area contributed by atoms with E-state index in [2.05, 4.69) is 10.0 Å². The van der Waals surface area contributed by atoms with E-state index in [9.17, 15) is 5.11 Å². The van der Waals surface area contributed by atoms with E-state index in [1.807, 2.05) is 0 Å². The van der Waals surface area contributed by atoms with Gasteiger partial charge in [0.25, 0.3) is 0 Å². The predicted octanol–water partition coefficient (Wildman–Crippen LogP) is -0.698. The summed E-state index contributed by atoms with van der Waals surface area (Å²) in [5.41, 5.74) is 6.79. The normalized spacial score (nSPS) is 44.4. The molecule has 0 aromatic carbocycles. The molecule has 0 unspecified atom stereocenters. The summed E-state index contributed by atoms with van der Waals surface area (Å²) >= 11 is 0. The van der Waals surface area contributed by atoms with Crippen LogP contribution in [0.2, 0.25) is 0 Å². The molecular weight excluding hydrogens is 173 g/mol. The van der Waals surface area contributed by atoms with E-state index in [1.165, 1.54) is 6.92 Å². The summed E-state index contributed by atoms with van der Waals surface area (Å²) < 4.78 is 5.00. The number of hydrogen-bond donors (Lipinski definition) is 2. The fraction of sp³-hybridized carbons (Fsp3) is 1.00. The van der Waals surface area contributed by atoms with Gasteiger partial charge in [0.2, 0.25) is 0 Å². The van der Waals surface area contributed by atoms with Crippen LogP contribution in [0.1, 0.15) is 6.92 Å². The Hall–Kier alpha value is -0.745. The molecule has 0 aromatic heterocycles. The van der Waals surface area contributed by atoms with Crippen molar-refractivity contribution in [2.24, 2.45) is 5.11 Å². The Labute approximate surface area is 76.5 Å². The van der Waals surface area contributed by atoms with Gasteiger partial charge in [-0.3, -0.25) is 0 Å². The summed E-state index contributed by atoms with van der Waals surface area (Å²) in [7, 11) is 5.45. The summed E-state index contributed by atoms with van der Waals surface area (Å²) in [5, 5.41) is 21.9. The molecule has 0 spiro atoms. The summed E-state index contributed by atoms with van der Waals surface area (Å²) in [5.74, 6) is 0. The van der Waals surface area contributed by atoms with Crippen molar-refractivity contribution in [2.75, 3.05) is 6.61 Å². The number of hydrogen-bond acceptors (Lipinski definition) is 4. The molecule has 7 heteroatoms. The molecule has 1 aliphatic rings. The smallest absolute Gasteiger partial charge is 0.109 e. The molecular formula is C6H10BN3O3. The number of ether oxygens (including phenoxy) is 1. The van der Waals surface area contributed by atoms with Crippen molar-refractivity contribution in [2.45, 2.75) is 30.7 Å². The highest BCUT2D eigenvalue weighted by atomic mass is 16.5. The van der Waals surface area contributed by atoms with Gasteiger partial charge in [0.15, 0.2) is 0 Å². The average molecular weight is 183 g/mol. The number of nitrogens with zero attached hydrogens (tertiary/aromatic N) is 3. The lowest BCUT2D eigenvalue weighted by molar-refractivity contribution is -0.0564. The lowest BCUT2D eigenvalue weighted by atomic mass is 9.84. The molecule has 0 saturated carbocycles. The fourth-order valence-electron chi connectivity index (χ4n) is 1.39. The molecule has 1 saturated heterocycles. The van der Waals surface area contributed by atoms with Crippen molar-refractivity contribution in [3.05, 3.63) is 10.4 Å². The monoisotopic (exact) mass is 183 g/mol. The van der Waals surface area contributed by atoms with Gasteiger partial charge in [-0.05, 0) is 12.5 Å². The van der Waals surface area contributed by atoms with E-state index in [0.29, 0.717) is 0 Å². The van der Waals surface area contributed by atoms with Crippen molar-refractivity contribution in [1.29, 1.82) is 0 Å². The minimum Gasteiger partial charge on any atom is -0.394 e. The first-order valence-corrected chi connectivity index (χ1v) is 3.82. The van der Waals surface area contributed by atoms with Crippen LogP contribution in [0.4, 0.5) is 0 Å². The molecule has 0 aliphatic carbocycles. The SMILES string of the molecule is [B][C@@H]1O[C@H](CO)[C@](C)(O)[C@H]1N=[N+]=[N-]. The molecule has 13 heavy (non-hydrogen) atoms. The Morgan fingerprint density at radius 3 is 2.77 bits per heavy atom. The van der Waals surface area contributed by atoms with E-state index in [-0.39, 0.29) is 6.61 Å². The first-order valence-electron chi connectivity index (χ1n) is 3.82. The number of aliphatic hydroxyl groups is 2. The Morgan fingerprint density at radius 2 is 2.38 bits per heavy atom. The molecule has 6 nitrogen and oxygen atoms in total. The van der Waals surface area contributed by atoms with Gasteiger partial charge in [-0.1, -0.05) is 5.11 Å². The van der Waals surface area contributed by atoms with Crippen LogP contribution in [-0.2, 0) is 4.74 Å². The molecule has 1 heterocycles. The van der Waals surface area contributed by atoms with Gasteiger partial charge in [-0.2, -0.15) is 0 Å². The van der Waals surface area contributed by atoms with Crippen LogP contribution >= 0.6 is 0 Å². The second-order valence-electron chi connectivity index (χ2n) is 3.15. The zero-order valence-electron chi connectivity index (χ0n) is 7.16. The minimum atomic E-state index is -1.42. The third-order valence-electron chi connectivity index (χ3n) is 2.23. The minimum absolute atomic E-state index is 0.363. The van der Waals surface area contributed by atoms with E-state index >= 15 is 0 Å². The second-order valence-corrected chi connectivity index (χ2v) is 3.15. The number of azide groups is 1. The lowest BCUT2D eigenvalue weighted by Crippen LogP contribution is -2.45. The molecule has 2 radical (unpaired) electrons. The van der Waals surface area contributed by atoms with Crippen LogP contribution in [0.25, 0.3) is 10.4 Å². The fourth-order valence-corrected chi connectivity index (χ4v) is 1.39. The maximum absolute atomic E-state index is 9.79. The van der Waals surface area contributed by atoms with Crippen molar-refractivity contribution in [1.82, 2.24) is 0 Å². The maximum atomic E-state index is 9.79. The highest BCUT2D eigenvalue weighted by molar-refractivity contribution is 6.11. The first kappa shape index (κ1) is 10.3. The Morgan fingerprint density at radius 1 is 1.77 bits per heavy atom. The van der Waals surface area contributed by atoms with Gasteiger partial charge < -0.3 is 14.9 Å². The van der Waals surface area contributed by atoms with Gasteiger partial charge >= 0.3 is 0 Å². The highest BCUT2D eigenvalue weighted by Gasteiger charge is 2.49. The topological polar surface area (TPSA) is 98.5 Å². The molecule has 1 aliphatic heterocycles. The van der Waals surface area contributed by atoms with Crippen molar-refractivity contribution < 1.29 is 14.9 Å². The quantitative estimate of drug-likeness (QED) is 0.256. The largest absolute Gasteiger partial charge is 0.394 e. The third kappa shape index (κ3) is 1.64. The van der Waals surface area contributed by atoms with Crippen LogP contribution < -0.4 is 0 Å². The molecule has 0 aromatic rings. The maximum Gasteiger partial charge on any atom is 0.109 e. The Bertz CT molecular complexity index is 241. The third-order valence-corrected chi connectivity index (χ3v) is 2.23. The zero-order chi connectivity index (χ0) is 10.1. The highest BCUT2D eigenvalue weighted by Crippen LogP contribution is 2.31. The van der Waals surface area contributed by atoms with Gasteiger partial charge in [0.1, 0.15) is 19.6 Å². The second kappa shape index (κ2) is 3.55. The summed E-state index contributed by atoms with van der Waals surface area (Å²) in [6.45, 7) is 1.05. The van der Waals surface area contributed by atoms with E-state index < -0.39 is 23.8 Å². The Balaban J connectivity index is 2.90. The molecule has 0 bridgehead atoms. The molecule has 70 valence electrons. The standard InChI is InChI=1S/C6H10BN3O3/c1-6(12)3(2-11)13-5(7)4(6)9-10-8/h3-5,11-12H,2H2,1H3/t3-,4+,5-,6+/m1/s1. The first-order chi connectivity index (χ1) is 6.04. The van der Waals surface area contributed by atoms with Crippen LogP contribution in [0.3, 0.4) is 0 Å². The van der Waals surface area contributed by atoms with Crippen molar-refractivity contribution >= 4 is 7.85 Å². The number of aliphatic hydroxyl groups excluding tert-OH is 1. The average Bonchev–Trinajstić information content (AvgIpc) is 2.28. The molecule has 0 amide bonds. The van der Waals surface area contributed by atoms with Crippen LogP contribution in [0.5, 0.6) is 0 Å². The molecule has 4 atom stereocenters. The van der Waals surface area contributed by atoms with Crippen LogP contribution in [0.15, 0.2) is 5.11 Å². The van der Waals surface area contributed by atoms with E-state index in [1.54, 1.807) is 0 Å². The van der Waals surface area contributed by atoms with Crippen LogP contribution in [-0.4, -0.2) is 48.4 Å². The van der Waals surface area contributed by atoms with Gasteiger partial charge in [0.05, 0.1) is 12.6 Å². The lowest BCUT2D eigenvalue weighted by Gasteiger charge is -2.25. The predicted molar refractivity (Wildman–Crippen MR) is 45.1 cm³/mol. The van der Waals surface area contributed by atoms with E-state index in [4.69, 9.17) is 23.2 Å². The van der Waals surface area contributed by atoms with Gasteiger partial charge in [-0.15, -0.1) is 0 Å². The van der Waals surface area contributed by atoms with Gasteiger partial charge in [-0.25, -0.2) is 0 Å². The summed E-state index contributed by atoms with van der Waals surface area (Å²) in [6, 6.07) is -1.74. The summed E-state index contributed by atoms with van der Waals surface area (Å²) in [4.78, 5) is 2.56. The van der Waals surface area contributed by atoms with Crippen molar-refractivity contribution in [3.8, 4) is 0 Å². The molecule has 1 fully saturated rings. The van der Waals surface area contributed by atoms with Gasteiger partial charge in [0, 0.05) is 10.9 Å². The molecule has 1 rings (SSSR count). The Kier molecular flexibility index (Phi) is 2.82. The number of rotatable bonds is 2. The summed E-state index contributed by atoms with van der Waals surface area (Å²) in [6.07, 6.45) is -0.807. The van der Waals surface area contributed by atoms with Crippen molar-refractivity contribution in [3.63, 3.8) is 0 Å². The van der Waals surface area contributed by atoms with E-state index in [0.717, 1.165) is 0 Å². The molecule has 2 N–H and O–H groups in total. The zero-order valence-corrected chi connectivity index (χ0v) is 7.16. The van der Waals surface area contributed by atoms with Crippen LogP contribution in [0, 0.1) is 0 Å².